The number of nitriles is 1. The van der Waals surface area contributed by atoms with Crippen molar-refractivity contribution in [3.8, 4) is 17.6 Å². The summed E-state index contributed by atoms with van der Waals surface area (Å²) in [5, 5.41) is 11.5. The lowest BCUT2D eigenvalue weighted by Crippen LogP contribution is -2.24. The Balaban J connectivity index is 3.23. The van der Waals surface area contributed by atoms with Crippen LogP contribution in [0, 0.1) is 11.3 Å². The number of ether oxygens (including phenoxy) is 2. The lowest BCUT2D eigenvalue weighted by Gasteiger charge is -2.12. The van der Waals surface area contributed by atoms with Crippen molar-refractivity contribution >= 4 is 12.0 Å². The molecule has 0 spiro atoms. The fraction of sp³-hybridized carbons (Fsp3) is 0.200. The molecule has 0 atom stereocenters. The van der Waals surface area contributed by atoms with E-state index in [1.54, 1.807) is 6.07 Å². The second-order valence-electron chi connectivity index (χ2n) is 3.93. The van der Waals surface area contributed by atoms with E-state index in [0.717, 1.165) is 6.08 Å². The lowest BCUT2D eigenvalue weighted by atomic mass is 10.1. The maximum atomic E-state index is 12.5. The van der Waals surface area contributed by atoms with Crippen molar-refractivity contribution in [2.45, 2.75) is 6.61 Å². The first-order chi connectivity index (χ1) is 10.5. The average Bonchev–Trinajstić information content (AvgIpc) is 2.50. The summed E-state index contributed by atoms with van der Waals surface area (Å²) in [6.45, 7) is 0.545. The molecule has 1 aromatic carbocycles. The van der Waals surface area contributed by atoms with E-state index in [0.29, 0.717) is 0 Å². The molecule has 0 bridgehead atoms. The fourth-order valence-corrected chi connectivity index (χ4v) is 1.59. The summed E-state index contributed by atoms with van der Waals surface area (Å²) in [6, 6.07) is 6.09. The van der Waals surface area contributed by atoms with Crippen LogP contribution in [0.25, 0.3) is 6.08 Å². The molecule has 1 N–H and O–H groups in total. The Kier molecular flexibility index (Phi) is 6.57. The van der Waals surface area contributed by atoms with E-state index < -0.39 is 12.5 Å². The van der Waals surface area contributed by atoms with Crippen molar-refractivity contribution < 1.29 is 23.0 Å². The van der Waals surface area contributed by atoms with Crippen LogP contribution >= 0.6 is 0 Å². The minimum Gasteiger partial charge on any atom is -0.493 e. The Morgan fingerprint density at radius 3 is 2.82 bits per heavy atom. The Labute approximate surface area is 126 Å². The third-order valence-electron chi connectivity index (χ3n) is 2.51. The number of hydrogen-bond donors (Lipinski definition) is 1. The summed E-state index contributed by atoms with van der Waals surface area (Å²) in [4.78, 5) is 11.8. The molecular formula is C15H14F2N2O3. The standard InChI is InChI=1S/C15H14F2N2O3/c1-3-7-19-14(20)11(9-18)8-10-5-4-6-12(21-2)13(10)22-15(16)17/h3-6,8,15H,1,7H2,2H3,(H,19,20)/b11-8+. The van der Waals surface area contributed by atoms with Gasteiger partial charge in [-0.2, -0.15) is 14.0 Å². The van der Waals surface area contributed by atoms with Crippen molar-refractivity contribution in [2.75, 3.05) is 13.7 Å². The van der Waals surface area contributed by atoms with Crippen LogP contribution in [0.3, 0.4) is 0 Å². The van der Waals surface area contributed by atoms with Gasteiger partial charge >= 0.3 is 6.61 Å². The first-order valence-corrected chi connectivity index (χ1v) is 6.16. The van der Waals surface area contributed by atoms with Crippen LogP contribution in [0.2, 0.25) is 0 Å². The number of nitrogens with one attached hydrogen (secondary N) is 1. The van der Waals surface area contributed by atoms with Crippen LogP contribution in [0.1, 0.15) is 5.56 Å². The second-order valence-corrected chi connectivity index (χ2v) is 3.93. The largest absolute Gasteiger partial charge is 0.493 e. The number of hydrogen-bond acceptors (Lipinski definition) is 4. The summed E-state index contributed by atoms with van der Waals surface area (Å²) in [6.07, 6.45) is 2.60. The topological polar surface area (TPSA) is 71.4 Å². The summed E-state index contributed by atoms with van der Waals surface area (Å²) in [7, 11) is 1.29. The van der Waals surface area contributed by atoms with Gasteiger partial charge in [0.1, 0.15) is 11.6 Å². The number of benzene rings is 1. The third-order valence-corrected chi connectivity index (χ3v) is 2.51. The molecule has 22 heavy (non-hydrogen) atoms. The number of alkyl halides is 2. The third kappa shape index (κ3) is 4.59. The predicted octanol–water partition coefficient (Wildman–Crippen LogP) is 2.51. The lowest BCUT2D eigenvalue weighted by molar-refractivity contribution is -0.116. The molecular weight excluding hydrogens is 294 g/mol. The zero-order chi connectivity index (χ0) is 16.5. The Morgan fingerprint density at radius 1 is 1.55 bits per heavy atom. The van der Waals surface area contributed by atoms with Gasteiger partial charge in [-0.3, -0.25) is 4.79 Å². The van der Waals surface area contributed by atoms with Crippen molar-refractivity contribution in [3.63, 3.8) is 0 Å². The smallest absolute Gasteiger partial charge is 0.387 e. The van der Waals surface area contributed by atoms with Gasteiger partial charge in [0.05, 0.1) is 7.11 Å². The molecule has 0 aliphatic carbocycles. The van der Waals surface area contributed by atoms with Gasteiger partial charge in [-0.25, -0.2) is 0 Å². The van der Waals surface area contributed by atoms with Gasteiger partial charge in [0.25, 0.3) is 5.91 Å². The molecule has 0 radical (unpaired) electrons. The van der Waals surface area contributed by atoms with Crippen molar-refractivity contribution in [1.29, 1.82) is 5.26 Å². The quantitative estimate of drug-likeness (QED) is 0.477. The average molecular weight is 308 g/mol. The van der Waals surface area contributed by atoms with E-state index in [-0.39, 0.29) is 29.2 Å². The predicted molar refractivity (Wildman–Crippen MR) is 76.4 cm³/mol. The summed E-state index contributed by atoms with van der Waals surface area (Å²) >= 11 is 0. The van der Waals surface area contributed by atoms with Gasteiger partial charge < -0.3 is 14.8 Å². The molecule has 0 unspecified atom stereocenters. The molecule has 5 nitrogen and oxygen atoms in total. The zero-order valence-corrected chi connectivity index (χ0v) is 11.8. The SMILES string of the molecule is C=CCNC(=O)/C(C#N)=C/c1cccc(OC)c1OC(F)F. The van der Waals surface area contributed by atoms with Crippen molar-refractivity contribution in [2.24, 2.45) is 0 Å². The monoisotopic (exact) mass is 308 g/mol. The van der Waals surface area contributed by atoms with Crippen LogP contribution in [0.5, 0.6) is 11.5 Å². The van der Waals surface area contributed by atoms with Crippen LogP contribution in [-0.4, -0.2) is 26.2 Å². The summed E-state index contributed by atoms with van der Waals surface area (Å²) < 4.78 is 34.4. The van der Waals surface area contributed by atoms with Crippen LogP contribution in [-0.2, 0) is 4.79 Å². The van der Waals surface area contributed by atoms with E-state index in [1.165, 1.54) is 31.4 Å². The van der Waals surface area contributed by atoms with Gasteiger partial charge in [-0.1, -0.05) is 18.2 Å². The minimum absolute atomic E-state index is 0.0674. The van der Waals surface area contributed by atoms with Gasteiger partial charge in [-0.05, 0) is 12.1 Å². The molecule has 7 heteroatoms. The molecule has 0 saturated heterocycles. The van der Waals surface area contributed by atoms with Crippen molar-refractivity contribution in [3.05, 3.63) is 42.0 Å². The molecule has 0 aromatic heterocycles. The van der Waals surface area contributed by atoms with Gasteiger partial charge in [0, 0.05) is 12.1 Å². The Hall–Kier alpha value is -2.88. The number of carbonyl (C=O) groups excluding carboxylic acids is 1. The molecule has 0 saturated carbocycles. The van der Waals surface area contributed by atoms with E-state index in [1.807, 2.05) is 0 Å². The van der Waals surface area contributed by atoms with Crippen LogP contribution < -0.4 is 14.8 Å². The molecule has 0 aliphatic rings. The van der Waals surface area contributed by atoms with E-state index in [9.17, 15) is 13.6 Å². The molecule has 0 fully saturated rings. The highest BCUT2D eigenvalue weighted by atomic mass is 19.3. The first kappa shape index (κ1) is 17.2. The van der Waals surface area contributed by atoms with E-state index in [2.05, 4.69) is 16.6 Å². The van der Waals surface area contributed by atoms with Crippen LogP contribution in [0.4, 0.5) is 8.78 Å². The maximum absolute atomic E-state index is 12.5. The molecule has 0 heterocycles. The number of amides is 1. The number of carbonyl (C=O) groups is 1. The van der Waals surface area contributed by atoms with Crippen molar-refractivity contribution in [1.82, 2.24) is 5.32 Å². The second kappa shape index (κ2) is 8.42. The first-order valence-electron chi connectivity index (χ1n) is 6.16. The molecule has 1 amide bonds. The highest BCUT2D eigenvalue weighted by Gasteiger charge is 2.16. The highest BCUT2D eigenvalue weighted by Crippen LogP contribution is 2.33. The molecule has 116 valence electrons. The number of methoxy groups -OCH3 is 1. The van der Waals surface area contributed by atoms with Gasteiger partial charge in [0.15, 0.2) is 11.5 Å². The Morgan fingerprint density at radius 2 is 2.27 bits per heavy atom. The molecule has 1 rings (SSSR count). The van der Waals surface area contributed by atoms with E-state index in [4.69, 9.17) is 10.00 Å². The van der Waals surface area contributed by atoms with Gasteiger partial charge in [0.2, 0.25) is 0 Å². The fourth-order valence-electron chi connectivity index (χ4n) is 1.59. The molecule has 1 aromatic rings. The summed E-state index contributed by atoms with van der Waals surface area (Å²) in [5.74, 6) is -0.824. The number of nitrogens with zero attached hydrogens (tertiary/aromatic N) is 1. The van der Waals surface area contributed by atoms with Gasteiger partial charge in [-0.15, -0.1) is 6.58 Å². The van der Waals surface area contributed by atoms with E-state index >= 15 is 0 Å². The minimum atomic E-state index is -3.07. The van der Waals surface area contributed by atoms with Crippen LogP contribution in [0.15, 0.2) is 36.4 Å². The number of halogens is 2. The Bertz CT molecular complexity index is 622. The zero-order valence-electron chi connectivity index (χ0n) is 11.8. The summed E-state index contributed by atoms with van der Waals surface area (Å²) in [5.41, 5.74) is -0.126. The molecule has 0 aliphatic heterocycles. The normalized spacial score (nSPS) is 10.8. The maximum Gasteiger partial charge on any atom is 0.387 e. The number of para-hydroxylation sites is 1. The number of rotatable bonds is 7. The highest BCUT2D eigenvalue weighted by molar-refractivity contribution is 6.02.